The molecular weight excluding hydrogens is 390 g/mol. The smallest absolute Gasteiger partial charge is 0.407 e. The molecule has 0 aromatic heterocycles. The Morgan fingerprint density at radius 2 is 1.19 bits per heavy atom. The summed E-state index contributed by atoms with van der Waals surface area (Å²) < 4.78 is 10.6. The molecule has 0 heterocycles. The standard InChI is InChI=1S/C26H51NO4/c1-6-8-9-10-11-12-13-14-15-16-17-18-19-21-30-24(28)23(20-7-2)27-25(29)31-22-26(3,4)5/h23H,6-22H2,1-5H3,(H,27,29). The second-order valence-corrected chi connectivity index (χ2v) is 10.0. The normalized spacial score (nSPS) is 12.4. The number of nitrogens with one attached hydrogen (secondary N) is 1. The van der Waals surface area contributed by atoms with Gasteiger partial charge in [-0.1, -0.05) is 118 Å². The van der Waals surface area contributed by atoms with Crippen LogP contribution in [0.1, 0.15) is 131 Å². The number of alkyl carbamates (subject to hydrolysis) is 1. The van der Waals surface area contributed by atoms with Crippen molar-refractivity contribution in [2.24, 2.45) is 5.41 Å². The van der Waals surface area contributed by atoms with E-state index in [0.717, 1.165) is 19.3 Å². The number of hydrogen-bond donors (Lipinski definition) is 1. The zero-order valence-corrected chi connectivity index (χ0v) is 21.2. The van der Waals surface area contributed by atoms with Crippen LogP contribution in [0, 0.1) is 5.41 Å². The summed E-state index contributed by atoms with van der Waals surface area (Å²) in [4.78, 5) is 24.2. The highest BCUT2D eigenvalue weighted by Gasteiger charge is 2.23. The monoisotopic (exact) mass is 441 g/mol. The summed E-state index contributed by atoms with van der Waals surface area (Å²) in [6, 6.07) is -0.626. The highest BCUT2D eigenvalue weighted by Crippen LogP contribution is 2.14. The largest absolute Gasteiger partial charge is 0.464 e. The highest BCUT2D eigenvalue weighted by molar-refractivity contribution is 5.81. The van der Waals surface area contributed by atoms with Gasteiger partial charge in [-0.05, 0) is 18.3 Å². The molecule has 0 aliphatic heterocycles. The van der Waals surface area contributed by atoms with E-state index in [4.69, 9.17) is 9.47 Å². The average molecular weight is 442 g/mol. The molecule has 1 unspecified atom stereocenters. The quantitative estimate of drug-likeness (QED) is 0.166. The Hall–Kier alpha value is -1.26. The second-order valence-electron chi connectivity index (χ2n) is 10.0. The number of ether oxygens (including phenoxy) is 2. The maximum absolute atomic E-state index is 12.3. The molecule has 0 aromatic carbocycles. The number of esters is 1. The second kappa shape index (κ2) is 19.4. The van der Waals surface area contributed by atoms with Gasteiger partial charge < -0.3 is 14.8 Å². The first-order valence-electron chi connectivity index (χ1n) is 12.9. The van der Waals surface area contributed by atoms with E-state index in [2.05, 4.69) is 12.2 Å². The van der Waals surface area contributed by atoms with Gasteiger partial charge in [0, 0.05) is 0 Å². The first kappa shape index (κ1) is 29.7. The van der Waals surface area contributed by atoms with Crippen LogP contribution in [0.25, 0.3) is 0 Å². The molecule has 1 amide bonds. The summed E-state index contributed by atoms with van der Waals surface area (Å²) in [5.41, 5.74) is -0.105. The van der Waals surface area contributed by atoms with Crippen LogP contribution in [0.3, 0.4) is 0 Å². The van der Waals surface area contributed by atoms with Crippen LogP contribution in [-0.4, -0.2) is 31.3 Å². The van der Waals surface area contributed by atoms with Crippen LogP contribution in [0.4, 0.5) is 4.79 Å². The third kappa shape index (κ3) is 20.4. The fourth-order valence-electron chi connectivity index (χ4n) is 3.40. The lowest BCUT2D eigenvalue weighted by atomic mass is 9.99. The van der Waals surface area contributed by atoms with E-state index in [1.54, 1.807) is 0 Å². The van der Waals surface area contributed by atoms with E-state index in [1.807, 2.05) is 27.7 Å². The number of carbonyl (C=O) groups excluding carboxylic acids is 2. The maximum atomic E-state index is 12.3. The van der Waals surface area contributed by atoms with Crippen molar-refractivity contribution in [1.82, 2.24) is 5.32 Å². The minimum absolute atomic E-state index is 0.105. The molecule has 1 atom stereocenters. The molecule has 0 saturated heterocycles. The number of amides is 1. The molecule has 0 rings (SSSR count). The zero-order chi connectivity index (χ0) is 23.4. The molecule has 5 heteroatoms. The first-order valence-corrected chi connectivity index (χ1v) is 12.9. The SMILES string of the molecule is CCCCCCCCCCCCCCCOC(=O)C(CCC)NC(=O)OCC(C)(C)C. The summed E-state index contributed by atoms with van der Waals surface area (Å²) in [6.07, 6.45) is 17.6. The van der Waals surface area contributed by atoms with Crippen molar-refractivity contribution < 1.29 is 19.1 Å². The van der Waals surface area contributed by atoms with Crippen molar-refractivity contribution >= 4 is 12.1 Å². The molecule has 0 aromatic rings. The van der Waals surface area contributed by atoms with E-state index in [-0.39, 0.29) is 11.4 Å². The van der Waals surface area contributed by atoms with E-state index >= 15 is 0 Å². The molecule has 0 radical (unpaired) electrons. The van der Waals surface area contributed by atoms with E-state index < -0.39 is 12.1 Å². The third-order valence-electron chi connectivity index (χ3n) is 5.28. The van der Waals surface area contributed by atoms with Gasteiger partial charge in [0.1, 0.15) is 6.04 Å². The highest BCUT2D eigenvalue weighted by atomic mass is 16.6. The summed E-state index contributed by atoms with van der Waals surface area (Å²) in [6.45, 7) is 11.0. The van der Waals surface area contributed by atoms with Gasteiger partial charge in [-0.15, -0.1) is 0 Å². The van der Waals surface area contributed by atoms with E-state index in [1.165, 1.54) is 70.6 Å². The van der Waals surface area contributed by atoms with E-state index in [0.29, 0.717) is 19.6 Å². The van der Waals surface area contributed by atoms with Gasteiger partial charge in [0.05, 0.1) is 13.2 Å². The number of carbonyl (C=O) groups is 2. The number of unbranched alkanes of at least 4 members (excludes halogenated alkanes) is 12. The zero-order valence-electron chi connectivity index (χ0n) is 21.2. The van der Waals surface area contributed by atoms with Crippen molar-refractivity contribution in [2.45, 2.75) is 137 Å². The van der Waals surface area contributed by atoms with Gasteiger partial charge >= 0.3 is 12.1 Å². The molecule has 1 N–H and O–H groups in total. The van der Waals surface area contributed by atoms with Crippen LogP contribution < -0.4 is 5.32 Å². The minimum atomic E-state index is -0.626. The van der Waals surface area contributed by atoms with Crippen LogP contribution in [0.15, 0.2) is 0 Å². The maximum Gasteiger partial charge on any atom is 0.407 e. The fourth-order valence-corrected chi connectivity index (χ4v) is 3.40. The predicted octanol–water partition coefficient (Wildman–Crippen LogP) is 7.56. The molecular formula is C26H51NO4. The molecule has 31 heavy (non-hydrogen) atoms. The summed E-state index contributed by atoms with van der Waals surface area (Å²) in [5, 5.41) is 2.65. The Kier molecular flexibility index (Phi) is 18.6. The van der Waals surface area contributed by atoms with Crippen molar-refractivity contribution in [2.75, 3.05) is 13.2 Å². The molecule has 0 aliphatic rings. The van der Waals surface area contributed by atoms with Crippen molar-refractivity contribution in [3.63, 3.8) is 0 Å². The Morgan fingerprint density at radius 3 is 1.65 bits per heavy atom. The van der Waals surface area contributed by atoms with Crippen LogP contribution in [0.2, 0.25) is 0 Å². The Balaban J connectivity index is 3.72. The van der Waals surface area contributed by atoms with Gasteiger partial charge in [-0.25, -0.2) is 9.59 Å². The summed E-state index contributed by atoms with van der Waals surface area (Å²) in [7, 11) is 0. The summed E-state index contributed by atoms with van der Waals surface area (Å²) >= 11 is 0. The Bertz CT molecular complexity index is 445. The Labute approximate surface area is 192 Å². The third-order valence-corrected chi connectivity index (χ3v) is 5.28. The molecule has 0 saturated carbocycles. The van der Waals surface area contributed by atoms with Gasteiger partial charge in [-0.3, -0.25) is 0 Å². The van der Waals surface area contributed by atoms with Gasteiger partial charge in [0.2, 0.25) is 0 Å². The fraction of sp³-hybridized carbons (Fsp3) is 0.923. The minimum Gasteiger partial charge on any atom is -0.464 e. The molecule has 0 bridgehead atoms. The lowest BCUT2D eigenvalue weighted by Gasteiger charge is -2.20. The first-order chi connectivity index (χ1) is 14.8. The van der Waals surface area contributed by atoms with Gasteiger partial charge in [0.25, 0.3) is 0 Å². The Morgan fingerprint density at radius 1 is 0.710 bits per heavy atom. The van der Waals surface area contributed by atoms with Gasteiger partial charge in [-0.2, -0.15) is 0 Å². The van der Waals surface area contributed by atoms with E-state index in [9.17, 15) is 9.59 Å². The van der Waals surface area contributed by atoms with Crippen molar-refractivity contribution in [1.29, 1.82) is 0 Å². The average Bonchev–Trinajstić information content (AvgIpc) is 2.71. The topological polar surface area (TPSA) is 64.6 Å². The molecule has 184 valence electrons. The van der Waals surface area contributed by atoms with Crippen molar-refractivity contribution in [3.8, 4) is 0 Å². The van der Waals surface area contributed by atoms with Crippen LogP contribution in [0.5, 0.6) is 0 Å². The number of hydrogen-bond acceptors (Lipinski definition) is 4. The molecule has 5 nitrogen and oxygen atoms in total. The predicted molar refractivity (Wildman–Crippen MR) is 129 cm³/mol. The van der Waals surface area contributed by atoms with Crippen LogP contribution in [-0.2, 0) is 14.3 Å². The summed E-state index contributed by atoms with van der Waals surface area (Å²) in [5.74, 6) is -0.353. The van der Waals surface area contributed by atoms with Gasteiger partial charge in [0.15, 0.2) is 0 Å². The molecule has 0 aliphatic carbocycles. The van der Waals surface area contributed by atoms with Crippen LogP contribution >= 0.6 is 0 Å². The number of rotatable bonds is 19. The lowest BCUT2D eigenvalue weighted by molar-refractivity contribution is -0.146. The molecule has 0 fully saturated rings. The lowest BCUT2D eigenvalue weighted by Crippen LogP contribution is -2.42. The van der Waals surface area contributed by atoms with Crippen molar-refractivity contribution in [3.05, 3.63) is 0 Å². The molecule has 0 spiro atoms.